The summed E-state index contributed by atoms with van der Waals surface area (Å²) in [7, 11) is 0. The van der Waals surface area contributed by atoms with E-state index in [0.717, 1.165) is 0 Å². The molecule has 0 atom stereocenters. The number of alkyl halides is 4. The van der Waals surface area contributed by atoms with Crippen molar-refractivity contribution in [1.82, 2.24) is 4.98 Å². The van der Waals surface area contributed by atoms with Crippen LogP contribution in [0.15, 0.2) is 24.5 Å². The second-order valence-corrected chi connectivity index (χ2v) is 2.91. The van der Waals surface area contributed by atoms with Crippen molar-refractivity contribution in [2.75, 3.05) is 6.61 Å². The first-order valence-corrected chi connectivity index (χ1v) is 4.15. The van der Waals surface area contributed by atoms with E-state index in [2.05, 4.69) is 9.72 Å². The first kappa shape index (κ1) is 11.9. The molecule has 2 nitrogen and oxygen atoms in total. The molecule has 0 aliphatic carbocycles. The van der Waals surface area contributed by atoms with Gasteiger partial charge in [0.1, 0.15) is 6.61 Å². The fourth-order valence-corrected chi connectivity index (χ4v) is 0.847. The quantitative estimate of drug-likeness (QED) is 0.715. The third-order valence-corrected chi connectivity index (χ3v) is 1.63. The average Bonchev–Trinajstić information content (AvgIpc) is 2.19. The number of ether oxygens (including phenoxy) is 1. The molecule has 0 aliphatic rings. The van der Waals surface area contributed by atoms with Gasteiger partial charge in [0.2, 0.25) is 0 Å². The van der Waals surface area contributed by atoms with Gasteiger partial charge >= 0.3 is 12.3 Å². The van der Waals surface area contributed by atoms with Crippen LogP contribution < -0.4 is 0 Å². The predicted molar refractivity (Wildman–Crippen MR) is 44.8 cm³/mol. The van der Waals surface area contributed by atoms with Crippen molar-refractivity contribution in [3.8, 4) is 0 Å². The highest BCUT2D eigenvalue weighted by Crippen LogP contribution is 2.23. The van der Waals surface area contributed by atoms with Gasteiger partial charge in [-0.2, -0.15) is 8.78 Å². The molecule has 0 unspecified atom stereocenters. The topological polar surface area (TPSA) is 22.1 Å². The number of nitrogens with zero attached hydrogens (tertiary/aromatic N) is 1. The third-order valence-electron chi connectivity index (χ3n) is 1.63. The van der Waals surface area contributed by atoms with Crippen molar-refractivity contribution in [3.63, 3.8) is 0 Å². The molecule has 0 saturated heterocycles. The molecule has 1 rings (SSSR count). The molecule has 0 radical (unpaired) electrons. The Balaban J connectivity index is 2.34. The standard InChI is InChI=1S/C9H9F4NO/c10-8(11)9(12,13)6-15-5-7-1-3-14-4-2-7/h1-4,8H,5-6H2. The zero-order chi connectivity index (χ0) is 11.3. The second-order valence-electron chi connectivity index (χ2n) is 2.91. The van der Waals surface area contributed by atoms with Gasteiger partial charge in [-0.05, 0) is 17.7 Å². The van der Waals surface area contributed by atoms with Crippen LogP contribution in [-0.2, 0) is 11.3 Å². The first-order chi connectivity index (χ1) is 7.02. The van der Waals surface area contributed by atoms with Gasteiger partial charge in [-0.1, -0.05) is 0 Å². The monoisotopic (exact) mass is 223 g/mol. The maximum Gasteiger partial charge on any atom is 0.330 e. The smallest absolute Gasteiger partial charge is 0.330 e. The Kier molecular flexibility index (Phi) is 4.02. The summed E-state index contributed by atoms with van der Waals surface area (Å²) in [5, 5.41) is 0. The molecule has 0 fully saturated rings. The molecule has 1 aromatic rings. The lowest BCUT2D eigenvalue weighted by molar-refractivity contribution is -0.168. The molecule has 1 heterocycles. The summed E-state index contributed by atoms with van der Waals surface area (Å²) in [6.45, 7) is -1.42. The third kappa shape index (κ3) is 3.83. The SMILES string of the molecule is FC(F)C(F)(F)COCc1ccncc1. The fraction of sp³-hybridized carbons (Fsp3) is 0.444. The Morgan fingerprint density at radius 1 is 1.27 bits per heavy atom. The molecule has 0 saturated carbocycles. The van der Waals surface area contributed by atoms with Gasteiger partial charge in [-0.3, -0.25) is 4.98 Å². The zero-order valence-electron chi connectivity index (χ0n) is 7.67. The largest absolute Gasteiger partial charge is 0.370 e. The van der Waals surface area contributed by atoms with Crippen molar-refractivity contribution < 1.29 is 22.3 Å². The summed E-state index contributed by atoms with van der Waals surface area (Å²) < 4.78 is 52.6. The van der Waals surface area contributed by atoms with Gasteiger partial charge in [0.25, 0.3) is 0 Å². The molecule has 0 bridgehead atoms. The van der Waals surface area contributed by atoms with Crippen LogP contribution in [0.2, 0.25) is 0 Å². The van der Waals surface area contributed by atoms with Gasteiger partial charge < -0.3 is 4.74 Å². The van der Waals surface area contributed by atoms with Crippen LogP contribution in [0.1, 0.15) is 5.56 Å². The Morgan fingerprint density at radius 3 is 2.40 bits per heavy atom. The molecule has 6 heteroatoms. The molecular formula is C9H9F4NO. The number of pyridine rings is 1. The van der Waals surface area contributed by atoms with Gasteiger partial charge in [-0.25, -0.2) is 8.78 Å². The summed E-state index contributed by atoms with van der Waals surface area (Å²) in [4.78, 5) is 3.71. The van der Waals surface area contributed by atoms with Gasteiger partial charge in [0.05, 0.1) is 6.61 Å². The van der Waals surface area contributed by atoms with Crippen LogP contribution in [0.3, 0.4) is 0 Å². The molecule has 0 amide bonds. The van der Waals surface area contributed by atoms with Crippen LogP contribution in [-0.4, -0.2) is 23.9 Å². The highest BCUT2D eigenvalue weighted by Gasteiger charge is 2.40. The van der Waals surface area contributed by atoms with E-state index in [1.54, 1.807) is 12.1 Å². The highest BCUT2D eigenvalue weighted by atomic mass is 19.3. The lowest BCUT2D eigenvalue weighted by atomic mass is 10.3. The summed E-state index contributed by atoms with van der Waals surface area (Å²) in [5.41, 5.74) is 0.607. The van der Waals surface area contributed by atoms with E-state index in [-0.39, 0.29) is 6.61 Å². The molecular weight excluding hydrogens is 214 g/mol. The summed E-state index contributed by atoms with van der Waals surface area (Å²) >= 11 is 0. The van der Waals surface area contributed by atoms with E-state index in [9.17, 15) is 17.6 Å². The van der Waals surface area contributed by atoms with Crippen LogP contribution in [0, 0.1) is 0 Å². The van der Waals surface area contributed by atoms with Crippen molar-refractivity contribution in [1.29, 1.82) is 0 Å². The Morgan fingerprint density at radius 2 is 1.87 bits per heavy atom. The minimum Gasteiger partial charge on any atom is -0.370 e. The summed E-state index contributed by atoms with van der Waals surface area (Å²) in [6, 6.07) is 3.11. The second kappa shape index (κ2) is 5.06. The summed E-state index contributed by atoms with van der Waals surface area (Å²) in [6.07, 6.45) is -0.775. The Bertz CT molecular complexity index is 291. The fourth-order valence-electron chi connectivity index (χ4n) is 0.847. The zero-order valence-corrected chi connectivity index (χ0v) is 7.67. The lowest BCUT2D eigenvalue weighted by Gasteiger charge is -2.14. The number of hydrogen-bond donors (Lipinski definition) is 0. The number of hydrogen-bond acceptors (Lipinski definition) is 2. The molecule has 1 aromatic heterocycles. The minimum atomic E-state index is -4.09. The minimum absolute atomic E-state index is 0.134. The number of rotatable bonds is 5. The number of halogens is 4. The number of aromatic nitrogens is 1. The first-order valence-electron chi connectivity index (χ1n) is 4.15. The Hall–Kier alpha value is -1.17. The average molecular weight is 223 g/mol. The van der Waals surface area contributed by atoms with Gasteiger partial charge in [0, 0.05) is 12.4 Å². The molecule has 0 aliphatic heterocycles. The van der Waals surface area contributed by atoms with E-state index in [0.29, 0.717) is 5.56 Å². The Labute approximate surface area is 83.9 Å². The van der Waals surface area contributed by atoms with Gasteiger partial charge in [-0.15, -0.1) is 0 Å². The maximum atomic E-state index is 12.4. The molecule has 0 N–H and O–H groups in total. The summed E-state index contributed by atoms with van der Waals surface area (Å²) in [5.74, 6) is -4.09. The normalized spacial score (nSPS) is 12.1. The van der Waals surface area contributed by atoms with Crippen LogP contribution in [0.25, 0.3) is 0 Å². The highest BCUT2D eigenvalue weighted by molar-refractivity contribution is 5.07. The van der Waals surface area contributed by atoms with Crippen LogP contribution in [0.5, 0.6) is 0 Å². The van der Waals surface area contributed by atoms with Gasteiger partial charge in [0.15, 0.2) is 0 Å². The van der Waals surface area contributed by atoms with Crippen molar-refractivity contribution in [2.24, 2.45) is 0 Å². The van der Waals surface area contributed by atoms with E-state index in [4.69, 9.17) is 0 Å². The van der Waals surface area contributed by atoms with Crippen LogP contribution in [0.4, 0.5) is 17.6 Å². The molecule has 15 heavy (non-hydrogen) atoms. The predicted octanol–water partition coefficient (Wildman–Crippen LogP) is 2.50. The lowest BCUT2D eigenvalue weighted by Crippen LogP contribution is -2.32. The van der Waals surface area contributed by atoms with Crippen molar-refractivity contribution >= 4 is 0 Å². The van der Waals surface area contributed by atoms with E-state index >= 15 is 0 Å². The van der Waals surface area contributed by atoms with Crippen LogP contribution >= 0.6 is 0 Å². The molecule has 0 spiro atoms. The molecule has 0 aromatic carbocycles. The van der Waals surface area contributed by atoms with Crippen molar-refractivity contribution in [2.45, 2.75) is 19.0 Å². The van der Waals surface area contributed by atoms with E-state index in [1.807, 2.05) is 0 Å². The van der Waals surface area contributed by atoms with E-state index in [1.165, 1.54) is 12.4 Å². The van der Waals surface area contributed by atoms with Crippen molar-refractivity contribution in [3.05, 3.63) is 30.1 Å². The molecule has 84 valence electrons. The maximum absolute atomic E-state index is 12.4. The van der Waals surface area contributed by atoms with E-state index < -0.39 is 19.0 Å².